The van der Waals surface area contributed by atoms with Gasteiger partial charge in [0, 0.05) is 54.0 Å². The van der Waals surface area contributed by atoms with Gasteiger partial charge in [-0.3, -0.25) is 19.5 Å². The van der Waals surface area contributed by atoms with Crippen LogP contribution >= 0.6 is 23.1 Å². The van der Waals surface area contributed by atoms with Crippen LogP contribution in [0.25, 0.3) is 10.9 Å². The molecular formula is C35H34N8O7S2. The smallest absolute Gasteiger partial charge is 0.350 e. The number of hydrogen-bond acceptors (Lipinski definition) is 13. The zero-order chi connectivity index (χ0) is 36.7. The van der Waals surface area contributed by atoms with E-state index in [0.29, 0.717) is 17.9 Å². The number of thiazole rings is 1. The number of nitrogens with zero attached hydrogens (tertiary/aromatic N) is 6. The SMILES string of the molecule is CC(C)(O/N=C(\C(=O)C[C@@H]1C(=O)N2C(C(=O)[O-])=C(C[n+]3ccc4c(ccn4Cc4ccc(C5=NCCN5)cc4)c3)CS[C@H]12)c1csc(N)n1)C(=O)O. The van der Waals surface area contributed by atoms with E-state index in [0.717, 1.165) is 52.3 Å². The van der Waals surface area contributed by atoms with Gasteiger partial charge in [-0.25, -0.2) is 14.3 Å². The third-order valence-corrected chi connectivity index (χ3v) is 11.1. The summed E-state index contributed by atoms with van der Waals surface area (Å²) in [6.07, 6.45) is 5.50. The lowest BCUT2D eigenvalue weighted by Crippen LogP contribution is -2.63. The van der Waals surface area contributed by atoms with Gasteiger partial charge in [0.1, 0.15) is 11.5 Å². The number of carboxylic acid groups (broad SMARTS) is 2. The number of anilines is 1. The number of benzene rings is 1. The van der Waals surface area contributed by atoms with Gasteiger partial charge < -0.3 is 35.5 Å². The number of carbonyl (C=O) groups excluding carboxylic acids is 3. The molecule has 3 aliphatic rings. The Kier molecular flexibility index (Phi) is 9.31. The molecule has 0 unspecified atom stereocenters. The minimum absolute atomic E-state index is 0.0809. The largest absolute Gasteiger partial charge is 0.543 e. The number of rotatable bonds is 13. The van der Waals surface area contributed by atoms with Crippen LogP contribution in [-0.2, 0) is 37.1 Å². The Bertz CT molecular complexity index is 2200. The Hall–Kier alpha value is -5.55. The van der Waals surface area contributed by atoms with E-state index in [1.165, 1.54) is 35.9 Å². The van der Waals surface area contributed by atoms with Gasteiger partial charge in [0.2, 0.25) is 11.5 Å². The molecule has 3 aromatic heterocycles. The Morgan fingerprint density at radius 2 is 2.00 bits per heavy atom. The highest BCUT2D eigenvalue weighted by Crippen LogP contribution is 2.45. The van der Waals surface area contributed by atoms with Crippen molar-refractivity contribution >= 4 is 74.3 Å². The fourth-order valence-electron chi connectivity index (χ4n) is 6.26. The van der Waals surface area contributed by atoms with Gasteiger partial charge in [-0.15, -0.1) is 23.1 Å². The average molecular weight is 743 g/mol. The third-order valence-electron chi connectivity index (χ3n) is 9.06. The predicted octanol–water partition coefficient (Wildman–Crippen LogP) is 1.14. The van der Waals surface area contributed by atoms with Crippen molar-refractivity contribution in [3.63, 3.8) is 0 Å². The predicted molar refractivity (Wildman–Crippen MR) is 191 cm³/mol. The van der Waals surface area contributed by atoms with E-state index in [1.54, 1.807) is 0 Å². The molecule has 268 valence electrons. The van der Waals surface area contributed by atoms with Gasteiger partial charge in [-0.05, 0) is 25.5 Å². The summed E-state index contributed by atoms with van der Waals surface area (Å²) in [5, 5.41) is 31.0. The molecule has 2 atom stereocenters. The fourth-order valence-corrected chi connectivity index (χ4v) is 8.21. The van der Waals surface area contributed by atoms with Crippen LogP contribution in [0.5, 0.6) is 0 Å². The standard InChI is InChI=1S/C35H34N8O7S2/c1-35(2,33(48)49)50-40-27(24-18-52-34(36)39-24)26(44)13-23-30(45)43-28(32(46)47)22(17-51-31(23)43)16-41-11-8-25-21(15-41)7-12-42(25)14-19-3-5-20(6-4-19)29-37-9-10-38-29/h3-8,11-12,15,18,23,31H,9-10,13-14,16-17H2,1-2H3,(H4-,36,37,38,39,46,47,48,49)/b40-27-/t23-,31-/m1/s1. The molecule has 0 spiro atoms. The van der Waals surface area contributed by atoms with Gasteiger partial charge in [-0.2, -0.15) is 0 Å². The molecule has 1 fully saturated rings. The van der Waals surface area contributed by atoms with Crippen LogP contribution in [0.1, 0.15) is 37.1 Å². The van der Waals surface area contributed by atoms with Gasteiger partial charge >= 0.3 is 5.97 Å². The third kappa shape index (κ3) is 6.76. The Labute approximate surface area is 305 Å². The lowest BCUT2D eigenvalue weighted by molar-refractivity contribution is -0.687. The normalized spacial score (nSPS) is 18.9. The molecule has 7 rings (SSSR count). The fraction of sp³-hybridized carbons (Fsp3) is 0.314. The number of ketones is 1. The molecule has 15 nitrogen and oxygen atoms in total. The molecule has 4 N–H and O–H groups in total. The summed E-state index contributed by atoms with van der Waals surface area (Å²) in [6.45, 7) is 5.07. The Morgan fingerprint density at radius 1 is 1.21 bits per heavy atom. The number of β-lactam (4-membered cyclic amide) rings is 1. The van der Waals surface area contributed by atoms with E-state index in [9.17, 15) is 29.4 Å². The summed E-state index contributed by atoms with van der Waals surface area (Å²) in [5.74, 6) is -3.57. The van der Waals surface area contributed by atoms with E-state index in [1.807, 2.05) is 35.3 Å². The number of aromatic nitrogens is 3. The van der Waals surface area contributed by atoms with E-state index < -0.39 is 40.5 Å². The number of amidine groups is 1. The first-order chi connectivity index (χ1) is 24.9. The first-order valence-electron chi connectivity index (χ1n) is 16.4. The van der Waals surface area contributed by atoms with Crippen molar-refractivity contribution in [3.8, 4) is 0 Å². The molecule has 6 heterocycles. The Morgan fingerprint density at radius 3 is 2.67 bits per heavy atom. The number of fused-ring (bicyclic) bond motifs is 2. The number of nitrogens with two attached hydrogens (primary N) is 1. The summed E-state index contributed by atoms with van der Waals surface area (Å²) in [5.41, 5.74) is 7.33. The second kappa shape index (κ2) is 13.9. The number of Topliss-reactive ketones (excluding diaryl/α,β-unsaturated/α-hetero) is 1. The highest BCUT2D eigenvalue weighted by atomic mass is 32.2. The number of aliphatic carboxylic acids is 2. The number of amides is 1. The number of pyridine rings is 1. The molecule has 3 aliphatic heterocycles. The summed E-state index contributed by atoms with van der Waals surface area (Å²) < 4.78 is 4.02. The van der Waals surface area contributed by atoms with Crippen LogP contribution in [0.3, 0.4) is 0 Å². The first-order valence-corrected chi connectivity index (χ1v) is 18.3. The minimum atomic E-state index is -1.75. The van der Waals surface area contributed by atoms with Crippen molar-refractivity contribution in [1.29, 1.82) is 0 Å². The van der Waals surface area contributed by atoms with Gasteiger partial charge in [-0.1, -0.05) is 29.4 Å². The molecule has 0 radical (unpaired) electrons. The molecule has 0 saturated carbocycles. The van der Waals surface area contributed by atoms with Crippen molar-refractivity contribution in [1.82, 2.24) is 19.8 Å². The van der Waals surface area contributed by atoms with E-state index in [4.69, 9.17) is 10.6 Å². The molecule has 0 bridgehead atoms. The van der Waals surface area contributed by atoms with Crippen molar-refractivity contribution in [2.24, 2.45) is 16.1 Å². The number of carbonyl (C=O) groups is 4. The minimum Gasteiger partial charge on any atom is -0.543 e. The number of aliphatic imine (C=N–C) groups is 1. The lowest BCUT2D eigenvalue weighted by atomic mass is 9.89. The van der Waals surface area contributed by atoms with Gasteiger partial charge in [0.05, 0.1) is 40.4 Å². The van der Waals surface area contributed by atoms with Crippen LogP contribution in [0.4, 0.5) is 5.13 Å². The zero-order valence-electron chi connectivity index (χ0n) is 28.1. The molecule has 4 aromatic rings. The number of nitrogens with one attached hydrogen (secondary N) is 1. The quantitative estimate of drug-likeness (QED) is 0.0766. The van der Waals surface area contributed by atoms with Crippen molar-refractivity contribution in [2.75, 3.05) is 24.6 Å². The summed E-state index contributed by atoms with van der Waals surface area (Å²) in [6, 6.07) is 12.3. The van der Waals surface area contributed by atoms with Crippen LogP contribution in [0.15, 0.2) is 81.8 Å². The number of oxime groups is 1. The second-order valence-corrected chi connectivity index (χ2v) is 15.1. The molecule has 1 amide bonds. The molecular weight excluding hydrogens is 709 g/mol. The highest BCUT2D eigenvalue weighted by molar-refractivity contribution is 8.00. The number of nitrogen functional groups attached to an aromatic ring is 1. The molecule has 0 aliphatic carbocycles. The van der Waals surface area contributed by atoms with E-state index in [2.05, 4.69) is 49.3 Å². The maximum Gasteiger partial charge on any atom is 0.350 e. The monoisotopic (exact) mass is 742 g/mol. The summed E-state index contributed by atoms with van der Waals surface area (Å²) >= 11 is 2.41. The van der Waals surface area contributed by atoms with Crippen LogP contribution in [0.2, 0.25) is 0 Å². The van der Waals surface area contributed by atoms with Crippen LogP contribution in [-0.4, -0.2) is 84.6 Å². The summed E-state index contributed by atoms with van der Waals surface area (Å²) in [7, 11) is 0. The number of thioether (sulfide) groups is 1. The van der Waals surface area contributed by atoms with Crippen molar-refractivity contribution in [2.45, 2.75) is 44.3 Å². The first kappa shape index (κ1) is 34.9. The molecule has 52 heavy (non-hydrogen) atoms. The van der Waals surface area contributed by atoms with Crippen molar-refractivity contribution in [3.05, 3.63) is 88.5 Å². The maximum atomic E-state index is 13.5. The van der Waals surface area contributed by atoms with Crippen LogP contribution in [0, 0.1) is 5.92 Å². The van der Waals surface area contributed by atoms with Crippen LogP contribution < -0.4 is 20.7 Å². The lowest BCUT2D eigenvalue weighted by Gasteiger charge is -2.50. The maximum absolute atomic E-state index is 13.5. The number of carboxylic acids is 2. The molecule has 1 aromatic carbocycles. The topological polar surface area (TPSA) is 209 Å². The van der Waals surface area contributed by atoms with E-state index in [-0.39, 0.29) is 35.2 Å². The molecule has 17 heteroatoms. The summed E-state index contributed by atoms with van der Waals surface area (Å²) in [4.78, 5) is 65.9. The zero-order valence-corrected chi connectivity index (χ0v) is 29.8. The van der Waals surface area contributed by atoms with Gasteiger partial charge in [0.25, 0.3) is 0 Å². The van der Waals surface area contributed by atoms with E-state index >= 15 is 0 Å². The average Bonchev–Trinajstić information content (AvgIpc) is 3.89. The number of hydrogen-bond donors (Lipinski definition) is 3. The Balaban J connectivity index is 1.05. The van der Waals surface area contributed by atoms with Crippen molar-refractivity contribution < 1.29 is 38.8 Å². The molecule has 1 saturated heterocycles. The highest BCUT2D eigenvalue weighted by Gasteiger charge is 2.53. The van der Waals surface area contributed by atoms with Gasteiger partial charge in [0.15, 0.2) is 35.6 Å². The second-order valence-electron chi connectivity index (χ2n) is 13.1.